The van der Waals surface area contributed by atoms with Gasteiger partial charge in [0.2, 0.25) is 5.24 Å². The highest BCUT2D eigenvalue weighted by molar-refractivity contribution is 7.13. The zero-order valence-electron chi connectivity index (χ0n) is 10.6. The lowest BCUT2D eigenvalue weighted by atomic mass is 10.1. The maximum Gasteiger partial charge on any atom is 0.254 e. The SMILES string of the molecule is CCCn1c(-c2cccs2)ccc(CC(=O)Cl)c1=O. The molecule has 0 saturated heterocycles. The molecule has 0 unspecified atom stereocenters. The van der Waals surface area contributed by atoms with E-state index in [1.807, 2.05) is 30.5 Å². The first-order chi connectivity index (χ1) is 9.13. The Kier molecular flexibility index (Phi) is 4.56. The van der Waals surface area contributed by atoms with E-state index in [1.54, 1.807) is 22.0 Å². The van der Waals surface area contributed by atoms with Crippen LogP contribution in [-0.4, -0.2) is 9.81 Å². The van der Waals surface area contributed by atoms with Gasteiger partial charge in [-0.3, -0.25) is 9.59 Å². The van der Waals surface area contributed by atoms with Crippen molar-refractivity contribution in [3.05, 3.63) is 45.6 Å². The summed E-state index contributed by atoms with van der Waals surface area (Å²) in [5.41, 5.74) is 1.23. The number of pyridine rings is 1. The van der Waals surface area contributed by atoms with Crippen LogP contribution in [0.1, 0.15) is 18.9 Å². The fourth-order valence-corrected chi connectivity index (χ4v) is 2.90. The van der Waals surface area contributed by atoms with Gasteiger partial charge < -0.3 is 4.57 Å². The zero-order valence-corrected chi connectivity index (χ0v) is 12.1. The Balaban J connectivity index is 2.54. The van der Waals surface area contributed by atoms with Gasteiger partial charge in [-0.1, -0.05) is 19.1 Å². The van der Waals surface area contributed by atoms with Crippen molar-refractivity contribution in [1.29, 1.82) is 0 Å². The number of hydrogen-bond acceptors (Lipinski definition) is 3. The Bertz CT molecular complexity index is 631. The molecular formula is C14H14ClNO2S. The fourth-order valence-electron chi connectivity index (χ4n) is 1.99. The summed E-state index contributed by atoms with van der Waals surface area (Å²) in [6, 6.07) is 7.52. The number of rotatable bonds is 5. The second-order valence-corrected chi connectivity index (χ2v) is 5.58. The largest absolute Gasteiger partial charge is 0.307 e. The molecule has 0 fully saturated rings. The van der Waals surface area contributed by atoms with Crippen molar-refractivity contribution in [2.75, 3.05) is 0 Å². The molecule has 5 heteroatoms. The molecule has 0 saturated carbocycles. The molecule has 100 valence electrons. The first kappa shape index (κ1) is 14.0. The van der Waals surface area contributed by atoms with Crippen LogP contribution < -0.4 is 5.56 Å². The standard InChI is InChI=1S/C14H14ClNO2S/c1-2-7-16-11(12-4-3-8-19-12)6-5-10(14(16)18)9-13(15)17/h3-6,8H,2,7,9H2,1H3. The van der Waals surface area contributed by atoms with Gasteiger partial charge >= 0.3 is 0 Å². The topological polar surface area (TPSA) is 39.1 Å². The highest BCUT2D eigenvalue weighted by atomic mass is 35.5. The third-order valence-electron chi connectivity index (χ3n) is 2.80. The summed E-state index contributed by atoms with van der Waals surface area (Å²) in [4.78, 5) is 24.4. The van der Waals surface area contributed by atoms with Crippen LogP contribution >= 0.6 is 22.9 Å². The minimum atomic E-state index is -0.510. The normalized spacial score (nSPS) is 10.6. The van der Waals surface area contributed by atoms with Gasteiger partial charge in [0, 0.05) is 12.1 Å². The number of thiophene rings is 1. The van der Waals surface area contributed by atoms with E-state index in [2.05, 4.69) is 0 Å². The predicted molar refractivity (Wildman–Crippen MR) is 78.9 cm³/mol. The fraction of sp³-hybridized carbons (Fsp3) is 0.286. The van der Waals surface area contributed by atoms with Gasteiger partial charge in [-0.15, -0.1) is 11.3 Å². The summed E-state index contributed by atoms with van der Waals surface area (Å²) in [5, 5.41) is 1.47. The van der Waals surface area contributed by atoms with Crippen molar-refractivity contribution >= 4 is 28.2 Å². The Morgan fingerprint density at radius 2 is 2.16 bits per heavy atom. The van der Waals surface area contributed by atoms with E-state index >= 15 is 0 Å². The highest BCUT2D eigenvalue weighted by Gasteiger charge is 2.12. The second kappa shape index (κ2) is 6.17. The Morgan fingerprint density at radius 1 is 1.37 bits per heavy atom. The molecule has 0 aromatic carbocycles. The first-order valence-corrected chi connectivity index (χ1v) is 7.34. The van der Waals surface area contributed by atoms with Crippen LogP contribution in [0.5, 0.6) is 0 Å². The first-order valence-electron chi connectivity index (χ1n) is 6.08. The van der Waals surface area contributed by atoms with Gasteiger partial charge in [-0.05, 0) is 35.5 Å². The molecule has 0 radical (unpaired) electrons. The van der Waals surface area contributed by atoms with Crippen LogP contribution in [0.4, 0.5) is 0 Å². The van der Waals surface area contributed by atoms with Crippen LogP contribution in [0.15, 0.2) is 34.4 Å². The van der Waals surface area contributed by atoms with Crippen molar-refractivity contribution in [1.82, 2.24) is 4.57 Å². The predicted octanol–water partition coefficient (Wildman–Crippen LogP) is 3.29. The number of hydrogen-bond donors (Lipinski definition) is 0. The number of halogens is 1. The molecule has 0 bridgehead atoms. The van der Waals surface area contributed by atoms with Gasteiger partial charge in [0.25, 0.3) is 5.56 Å². The van der Waals surface area contributed by atoms with Crippen molar-refractivity contribution in [3.8, 4) is 10.6 Å². The van der Waals surface area contributed by atoms with Gasteiger partial charge in [-0.25, -0.2) is 0 Å². The van der Waals surface area contributed by atoms with Crippen LogP contribution in [0.25, 0.3) is 10.6 Å². The lowest BCUT2D eigenvalue weighted by molar-refractivity contribution is -0.111. The molecule has 19 heavy (non-hydrogen) atoms. The Hall–Kier alpha value is -1.39. The molecule has 0 aliphatic rings. The second-order valence-electron chi connectivity index (χ2n) is 4.21. The quantitative estimate of drug-likeness (QED) is 0.794. The molecule has 0 atom stereocenters. The van der Waals surface area contributed by atoms with Crippen LogP contribution in [0.2, 0.25) is 0 Å². The summed E-state index contributed by atoms with van der Waals surface area (Å²) in [6.07, 6.45) is 0.839. The van der Waals surface area contributed by atoms with Gasteiger partial charge in [0.05, 0.1) is 17.0 Å². The Labute approximate surface area is 120 Å². The number of carbonyl (C=O) groups is 1. The third-order valence-corrected chi connectivity index (χ3v) is 3.83. The summed E-state index contributed by atoms with van der Waals surface area (Å²) in [6.45, 7) is 2.65. The minimum Gasteiger partial charge on any atom is -0.307 e. The third kappa shape index (κ3) is 3.14. The molecule has 0 aliphatic heterocycles. The zero-order chi connectivity index (χ0) is 13.8. The lowest BCUT2D eigenvalue weighted by Crippen LogP contribution is -2.25. The highest BCUT2D eigenvalue weighted by Crippen LogP contribution is 2.24. The van der Waals surface area contributed by atoms with Crippen molar-refractivity contribution in [3.63, 3.8) is 0 Å². The van der Waals surface area contributed by atoms with Crippen molar-refractivity contribution < 1.29 is 4.79 Å². The number of carbonyl (C=O) groups excluding carboxylic acids is 1. The van der Waals surface area contributed by atoms with E-state index in [0.717, 1.165) is 17.0 Å². The van der Waals surface area contributed by atoms with E-state index in [1.165, 1.54) is 0 Å². The average molecular weight is 296 g/mol. The molecule has 2 aromatic rings. The molecular weight excluding hydrogens is 282 g/mol. The molecule has 2 heterocycles. The van der Waals surface area contributed by atoms with Gasteiger partial charge in [0.15, 0.2) is 0 Å². The summed E-state index contributed by atoms with van der Waals surface area (Å²) in [5.74, 6) is 0. The van der Waals surface area contributed by atoms with Gasteiger partial charge in [-0.2, -0.15) is 0 Å². The number of nitrogens with zero attached hydrogens (tertiary/aromatic N) is 1. The summed E-state index contributed by atoms with van der Waals surface area (Å²) < 4.78 is 1.72. The molecule has 0 spiro atoms. The molecule has 3 nitrogen and oxygen atoms in total. The molecule has 0 aliphatic carbocycles. The minimum absolute atomic E-state index is 0.0190. The maximum absolute atomic E-state index is 12.4. The number of aromatic nitrogens is 1. The summed E-state index contributed by atoms with van der Waals surface area (Å²) >= 11 is 6.96. The van der Waals surface area contributed by atoms with E-state index < -0.39 is 5.24 Å². The Morgan fingerprint density at radius 3 is 2.74 bits per heavy atom. The van der Waals surface area contributed by atoms with Crippen LogP contribution in [0, 0.1) is 0 Å². The summed E-state index contributed by atoms with van der Waals surface area (Å²) in [7, 11) is 0. The molecule has 2 rings (SSSR count). The molecule has 2 aromatic heterocycles. The molecule has 0 N–H and O–H groups in total. The van der Waals surface area contributed by atoms with Crippen LogP contribution in [0.3, 0.4) is 0 Å². The van der Waals surface area contributed by atoms with Crippen LogP contribution in [-0.2, 0) is 17.8 Å². The van der Waals surface area contributed by atoms with E-state index in [4.69, 9.17) is 11.6 Å². The van der Waals surface area contributed by atoms with E-state index in [-0.39, 0.29) is 12.0 Å². The van der Waals surface area contributed by atoms with Gasteiger partial charge in [0.1, 0.15) is 0 Å². The van der Waals surface area contributed by atoms with Crippen molar-refractivity contribution in [2.24, 2.45) is 0 Å². The lowest BCUT2D eigenvalue weighted by Gasteiger charge is -2.12. The smallest absolute Gasteiger partial charge is 0.254 e. The van der Waals surface area contributed by atoms with Crippen molar-refractivity contribution in [2.45, 2.75) is 26.3 Å². The average Bonchev–Trinajstić information content (AvgIpc) is 2.88. The van der Waals surface area contributed by atoms with E-state index in [0.29, 0.717) is 12.1 Å². The van der Waals surface area contributed by atoms with E-state index in [9.17, 15) is 9.59 Å². The maximum atomic E-state index is 12.4. The monoisotopic (exact) mass is 295 g/mol. The molecule has 0 amide bonds.